The van der Waals surface area contributed by atoms with Crippen molar-refractivity contribution in [1.82, 2.24) is 0 Å². The van der Waals surface area contributed by atoms with Gasteiger partial charge < -0.3 is 15.2 Å². The normalized spacial score (nSPS) is 12.1. The summed E-state index contributed by atoms with van der Waals surface area (Å²) in [5.74, 6) is -0.374. The molecule has 0 saturated heterocycles. The Morgan fingerprint density at radius 2 is 2.00 bits per heavy atom. The van der Waals surface area contributed by atoms with Crippen molar-refractivity contribution in [1.29, 1.82) is 0 Å². The second-order valence-corrected chi connectivity index (χ2v) is 5.37. The number of halogens is 1. The van der Waals surface area contributed by atoms with Crippen molar-refractivity contribution in [3.8, 4) is 0 Å². The van der Waals surface area contributed by atoms with Gasteiger partial charge in [-0.15, -0.1) is 0 Å². The fraction of sp³-hybridized carbons (Fsp3) is 0.500. The van der Waals surface area contributed by atoms with Gasteiger partial charge in [-0.2, -0.15) is 0 Å². The van der Waals surface area contributed by atoms with Crippen molar-refractivity contribution in [2.24, 2.45) is 0 Å². The Bertz CT molecular complexity index is 425. The Balaban J connectivity index is 2.55. The molecule has 0 aliphatic heterocycles. The number of esters is 1. The van der Waals surface area contributed by atoms with E-state index in [0.29, 0.717) is 13.2 Å². The molecule has 0 fully saturated rings. The monoisotopic (exact) mass is 329 g/mol. The molecular weight excluding hydrogens is 310 g/mol. The molecule has 2 N–H and O–H groups in total. The number of hydrogen-bond acceptors (Lipinski definition) is 4. The van der Waals surface area contributed by atoms with Crippen LogP contribution in [0.15, 0.2) is 16.6 Å². The lowest BCUT2D eigenvalue weighted by Crippen LogP contribution is -2.24. The van der Waals surface area contributed by atoms with Gasteiger partial charge in [0.2, 0.25) is 0 Å². The number of rotatable bonds is 6. The van der Waals surface area contributed by atoms with Crippen LogP contribution in [0, 0.1) is 13.8 Å². The minimum atomic E-state index is -0.749. The molecule has 0 aromatic heterocycles. The summed E-state index contributed by atoms with van der Waals surface area (Å²) >= 11 is 3.44. The van der Waals surface area contributed by atoms with Gasteiger partial charge in [-0.3, -0.25) is 4.79 Å². The number of anilines is 1. The lowest BCUT2D eigenvalue weighted by molar-refractivity contribution is -0.145. The highest BCUT2D eigenvalue weighted by Crippen LogP contribution is 2.25. The number of benzene rings is 1. The van der Waals surface area contributed by atoms with Crippen LogP contribution in [-0.4, -0.2) is 30.3 Å². The van der Waals surface area contributed by atoms with Crippen LogP contribution < -0.4 is 5.32 Å². The van der Waals surface area contributed by atoms with Crippen molar-refractivity contribution in [3.63, 3.8) is 0 Å². The zero-order valence-electron chi connectivity index (χ0n) is 11.5. The number of nitrogens with one attached hydrogen (secondary N) is 1. The average Bonchev–Trinajstić information content (AvgIpc) is 2.27. The fourth-order valence-electron chi connectivity index (χ4n) is 1.89. The number of carbonyl (C=O) groups is 1. The van der Waals surface area contributed by atoms with Crippen LogP contribution in [0.3, 0.4) is 0 Å². The molecule has 5 heteroatoms. The van der Waals surface area contributed by atoms with Crippen molar-refractivity contribution >= 4 is 27.6 Å². The largest absolute Gasteiger partial charge is 0.466 e. The number of ether oxygens (including phenoxy) is 1. The lowest BCUT2D eigenvalue weighted by atomic mass is 10.1. The van der Waals surface area contributed by atoms with Gasteiger partial charge in [-0.1, -0.05) is 15.9 Å². The third-order valence-electron chi connectivity index (χ3n) is 2.72. The van der Waals surface area contributed by atoms with E-state index in [4.69, 9.17) is 4.74 Å². The predicted octanol–water partition coefficient (Wildman–Crippen LogP) is 2.79. The Kier molecular flexibility index (Phi) is 6.31. The zero-order valence-corrected chi connectivity index (χ0v) is 13.1. The highest BCUT2D eigenvalue weighted by Gasteiger charge is 2.12. The molecular formula is C14H20BrNO3. The van der Waals surface area contributed by atoms with Crippen LogP contribution in [0.5, 0.6) is 0 Å². The van der Waals surface area contributed by atoms with Gasteiger partial charge in [0.1, 0.15) is 0 Å². The Hall–Kier alpha value is -1.07. The second-order valence-electron chi connectivity index (χ2n) is 4.46. The van der Waals surface area contributed by atoms with Gasteiger partial charge in [0.25, 0.3) is 0 Å². The summed E-state index contributed by atoms with van der Waals surface area (Å²) in [6.45, 7) is 6.40. The molecule has 0 saturated carbocycles. The third kappa shape index (κ3) is 5.20. The van der Waals surface area contributed by atoms with E-state index in [1.165, 1.54) is 0 Å². The Morgan fingerprint density at radius 3 is 2.53 bits per heavy atom. The summed E-state index contributed by atoms with van der Waals surface area (Å²) in [5.41, 5.74) is 3.18. The molecule has 1 unspecified atom stereocenters. The quantitative estimate of drug-likeness (QED) is 0.788. The second kappa shape index (κ2) is 7.50. The van der Waals surface area contributed by atoms with Gasteiger partial charge in [-0.25, -0.2) is 0 Å². The summed E-state index contributed by atoms with van der Waals surface area (Å²) in [5, 5.41) is 12.9. The predicted molar refractivity (Wildman–Crippen MR) is 79.4 cm³/mol. The van der Waals surface area contributed by atoms with Crippen molar-refractivity contribution in [2.45, 2.75) is 33.3 Å². The standard InChI is InChI=1S/C14H20BrNO3/c1-4-19-13(18)7-12(17)8-16-14-9(2)5-11(15)6-10(14)3/h5-6,12,16-17H,4,7-8H2,1-3H3. The number of carbonyl (C=O) groups excluding carboxylic acids is 1. The third-order valence-corrected chi connectivity index (χ3v) is 3.18. The molecule has 0 spiro atoms. The molecule has 1 atom stereocenters. The first kappa shape index (κ1) is 16.0. The highest BCUT2D eigenvalue weighted by molar-refractivity contribution is 9.10. The van der Waals surface area contributed by atoms with E-state index in [-0.39, 0.29) is 12.4 Å². The minimum Gasteiger partial charge on any atom is -0.466 e. The molecule has 0 amide bonds. The first-order chi connectivity index (χ1) is 8.93. The summed E-state index contributed by atoms with van der Waals surface area (Å²) < 4.78 is 5.82. The van der Waals surface area contributed by atoms with E-state index >= 15 is 0 Å². The van der Waals surface area contributed by atoms with Gasteiger partial charge in [0.05, 0.1) is 19.1 Å². The zero-order chi connectivity index (χ0) is 14.4. The minimum absolute atomic E-state index is 0.00939. The first-order valence-corrected chi connectivity index (χ1v) is 7.07. The maximum atomic E-state index is 11.2. The van der Waals surface area contributed by atoms with Gasteiger partial charge in [0, 0.05) is 16.7 Å². The molecule has 4 nitrogen and oxygen atoms in total. The van der Waals surface area contributed by atoms with E-state index in [1.54, 1.807) is 6.92 Å². The fourth-order valence-corrected chi connectivity index (χ4v) is 2.58. The Labute approximate surface area is 122 Å². The topological polar surface area (TPSA) is 58.6 Å². The smallest absolute Gasteiger partial charge is 0.308 e. The molecule has 0 aliphatic carbocycles. The molecule has 1 aromatic rings. The van der Waals surface area contributed by atoms with E-state index in [2.05, 4.69) is 21.2 Å². The molecule has 1 aromatic carbocycles. The summed E-state index contributed by atoms with van der Waals surface area (Å²) in [6, 6.07) is 4.01. The number of hydrogen-bond donors (Lipinski definition) is 2. The molecule has 19 heavy (non-hydrogen) atoms. The van der Waals surface area contributed by atoms with Crippen LogP contribution in [0.2, 0.25) is 0 Å². The van der Waals surface area contributed by atoms with Crippen LogP contribution in [0.25, 0.3) is 0 Å². The number of aliphatic hydroxyl groups excluding tert-OH is 1. The Morgan fingerprint density at radius 1 is 1.42 bits per heavy atom. The van der Waals surface area contributed by atoms with Crippen LogP contribution in [-0.2, 0) is 9.53 Å². The van der Waals surface area contributed by atoms with Crippen molar-refractivity contribution < 1.29 is 14.6 Å². The number of aliphatic hydroxyl groups is 1. The molecule has 0 heterocycles. The maximum Gasteiger partial charge on any atom is 0.308 e. The SMILES string of the molecule is CCOC(=O)CC(O)CNc1c(C)cc(Br)cc1C. The highest BCUT2D eigenvalue weighted by atomic mass is 79.9. The van der Waals surface area contributed by atoms with Gasteiger partial charge >= 0.3 is 5.97 Å². The van der Waals surface area contributed by atoms with Crippen LogP contribution >= 0.6 is 15.9 Å². The molecule has 0 bridgehead atoms. The van der Waals surface area contributed by atoms with E-state index in [9.17, 15) is 9.90 Å². The van der Waals surface area contributed by atoms with E-state index in [0.717, 1.165) is 21.3 Å². The molecule has 0 radical (unpaired) electrons. The van der Waals surface area contributed by atoms with Crippen molar-refractivity contribution in [2.75, 3.05) is 18.5 Å². The average molecular weight is 330 g/mol. The maximum absolute atomic E-state index is 11.2. The van der Waals surface area contributed by atoms with E-state index in [1.807, 2.05) is 26.0 Å². The lowest BCUT2D eigenvalue weighted by Gasteiger charge is -2.16. The summed E-state index contributed by atoms with van der Waals surface area (Å²) in [4.78, 5) is 11.2. The molecule has 0 aliphatic rings. The summed E-state index contributed by atoms with van der Waals surface area (Å²) in [6.07, 6.45) is -0.739. The first-order valence-electron chi connectivity index (χ1n) is 6.28. The van der Waals surface area contributed by atoms with Gasteiger partial charge in [-0.05, 0) is 44.0 Å². The van der Waals surface area contributed by atoms with Crippen LogP contribution in [0.4, 0.5) is 5.69 Å². The van der Waals surface area contributed by atoms with Gasteiger partial charge in [0.15, 0.2) is 0 Å². The van der Waals surface area contributed by atoms with Crippen molar-refractivity contribution in [3.05, 3.63) is 27.7 Å². The molecule has 1 rings (SSSR count). The summed E-state index contributed by atoms with van der Waals surface area (Å²) in [7, 11) is 0. The molecule has 106 valence electrons. The van der Waals surface area contributed by atoms with Crippen LogP contribution in [0.1, 0.15) is 24.5 Å². The number of aryl methyl sites for hydroxylation is 2. The van der Waals surface area contributed by atoms with E-state index < -0.39 is 6.10 Å².